The summed E-state index contributed by atoms with van der Waals surface area (Å²) >= 11 is 0. The van der Waals surface area contributed by atoms with Crippen molar-refractivity contribution in [3.63, 3.8) is 0 Å². The van der Waals surface area contributed by atoms with Gasteiger partial charge >= 0.3 is 0 Å². The molecular formula is C29H25N. The third-order valence-electron chi connectivity index (χ3n) is 5.83. The van der Waals surface area contributed by atoms with Crippen LogP contribution in [0.5, 0.6) is 0 Å². The second-order valence-corrected chi connectivity index (χ2v) is 8.05. The van der Waals surface area contributed by atoms with Crippen LogP contribution in [-0.4, -0.2) is 4.98 Å². The maximum absolute atomic E-state index is 8.43. The van der Waals surface area contributed by atoms with Gasteiger partial charge in [0.05, 0.1) is 5.69 Å². The van der Waals surface area contributed by atoms with Gasteiger partial charge in [-0.05, 0) is 74.8 Å². The Hall–Kier alpha value is -3.45. The van der Waals surface area contributed by atoms with Crippen LogP contribution in [0, 0.1) is 6.85 Å². The lowest BCUT2D eigenvalue weighted by Gasteiger charge is -2.16. The highest BCUT2D eigenvalue weighted by Crippen LogP contribution is 2.40. The smallest absolute Gasteiger partial charge is 0.0705 e. The molecule has 0 bridgehead atoms. The molecule has 0 radical (unpaired) electrons. The van der Waals surface area contributed by atoms with Gasteiger partial charge in [0.25, 0.3) is 0 Å². The molecule has 1 heterocycles. The number of aryl methyl sites for hydroxylation is 1. The quantitative estimate of drug-likeness (QED) is 0.283. The van der Waals surface area contributed by atoms with E-state index in [4.69, 9.17) is 4.11 Å². The number of hydrogen-bond acceptors (Lipinski definition) is 1. The molecule has 0 fully saturated rings. The van der Waals surface area contributed by atoms with Gasteiger partial charge in [-0.15, -0.1) is 0 Å². The summed E-state index contributed by atoms with van der Waals surface area (Å²) < 4.78 is 25.3. The minimum Gasteiger partial charge on any atom is -0.256 e. The number of aromatic nitrogens is 1. The van der Waals surface area contributed by atoms with Crippen LogP contribution < -0.4 is 0 Å². The number of nitrogens with zero attached hydrogens (tertiary/aromatic N) is 1. The monoisotopic (exact) mass is 390 g/mol. The first-order valence-corrected chi connectivity index (χ1v) is 10.4. The molecule has 0 unspecified atom stereocenters. The van der Waals surface area contributed by atoms with Crippen molar-refractivity contribution in [2.24, 2.45) is 0 Å². The van der Waals surface area contributed by atoms with E-state index >= 15 is 0 Å². The van der Waals surface area contributed by atoms with Crippen molar-refractivity contribution in [2.75, 3.05) is 0 Å². The minimum atomic E-state index is -2.26. The summed E-state index contributed by atoms with van der Waals surface area (Å²) in [6, 6.07) is 28.1. The Morgan fingerprint density at radius 1 is 0.700 bits per heavy atom. The summed E-state index contributed by atoms with van der Waals surface area (Å²) in [7, 11) is 0. The third kappa shape index (κ3) is 3.07. The lowest BCUT2D eigenvalue weighted by atomic mass is 9.87. The van der Waals surface area contributed by atoms with Gasteiger partial charge in [-0.3, -0.25) is 4.98 Å². The van der Waals surface area contributed by atoms with Crippen molar-refractivity contribution in [1.82, 2.24) is 4.98 Å². The highest BCUT2D eigenvalue weighted by molar-refractivity contribution is 6.16. The van der Waals surface area contributed by atoms with Gasteiger partial charge in [0.15, 0.2) is 0 Å². The van der Waals surface area contributed by atoms with Crippen LogP contribution in [0.15, 0.2) is 91.1 Å². The van der Waals surface area contributed by atoms with Crippen LogP contribution >= 0.6 is 0 Å². The zero-order valence-corrected chi connectivity index (χ0v) is 17.2. The number of hydrogen-bond donors (Lipinski definition) is 0. The fourth-order valence-corrected chi connectivity index (χ4v) is 4.22. The lowest BCUT2D eigenvalue weighted by Crippen LogP contribution is -1.93. The molecule has 0 spiro atoms. The highest BCUT2D eigenvalue weighted by Gasteiger charge is 2.14. The Balaban J connectivity index is 1.92. The van der Waals surface area contributed by atoms with Crippen molar-refractivity contribution in [3.05, 3.63) is 102 Å². The molecule has 0 amide bonds. The van der Waals surface area contributed by atoms with Crippen molar-refractivity contribution in [2.45, 2.75) is 26.6 Å². The first-order valence-electron chi connectivity index (χ1n) is 11.9. The fraction of sp³-hybridized carbons (Fsp3) is 0.138. The topological polar surface area (TPSA) is 12.9 Å². The molecule has 4 aromatic carbocycles. The summed E-state index contributed by atoms with van der Waals surface area (Å²) in [5.74, 6) is 0.401. The van der Waals surface area contributed by atoms with Gasteiger partial charge in [-0.1, -0.05) is 80.6 Å². The second kappa shape index (κ2) is 7.42. The van der Waals surface area contributed by atoms with Crippen LogP contribution in [0.3, 0.4) is 0 Å². The van der Waals surface area contributed by atoms with Crippen LogP contribution in [-0.2, 0) is 0 Å². The van der Waals surface area contributed by atoms with E-state index in [1.54, 1.807) is 0 Å². The van der Waals surface area contributed by atoms with Gasteiger partial charge in [0.1, 0.15) is 0 Å². The maximum atomic E-state index is 8.43. The highest BCUT2D eigenvalue weighted by atomic mass is 14.7. The average molecular weight is 391 g/mol. The van der Waals surface area contributed by atoms with E-state index in [2.05, 4.69) is 43.1 Å². The van der Waals surface area contributed by atoms with Crippen LogP contribution in [0.2, 0.25) is 0 Å². The molecule has 0 atom stereocenters. The second-order valence-electron chi connectivity index (χ2n) is 8.05. The molecule has 146 valence electrons. The molecule has 1 heteroatoms. The zero-order valence-electron chi connectivity index (χ0n) is 20.2. The van der Waals surface area contributed by atoms with E-state index in [1.165, 1.54) is 5.56 Å². The molecule has 5 rings (SSSR count). The molecule has 1 aromatic heterocycles. The Labute approximate surface area is 182 Å². The number of pyridine rings is 1. The fourth-order valence-electron chi connectivity index (χ4n) is 4.22. The van der Waals surface area contributed by atoms with E-state index in [-0.39, 0.29) is 0 Å². The van der Waals surface area contributed by atoms with Crippen LogP contribution in [0.25, 0.3) is 43.9 Å². The molecule has 0 saturated carbocycles. The number of benzene rings is 4. The van der Waals surface area contributed by atoms with E-state index < -0.39 is 6.85 Å². The van der Waals surface area contributed by atoms with Crippen molar-refractivity contribution in [1.29, 1.82) is 0 Å². The number of rotatable bonds is 3. The Morgan fingerprint density at radius 3 is 2.20 bits per heavy atom. The molecule has 5 aromatic rings. The summed E-state index contributed by atoms with van der Waals surface area (Å²) in [5.41, 5.74) is 5.18. The molecule has 0 aliphatic carbocycles. The molecule has 0 saturated heterocycles. The van der Waals surface area contributed by atoms with Gasteiger partial charge in [-0.2, -0.15) is 0 Å². The molecule has 1 nitrogen and oxygen atoms in total. The van der Waals surface area contributed by atoms with Gasteiger partial charge < -0.3 is 0 Å². The van der Waals surface area contributed by atoms with E-state index in [1.807, 2.05) is 66.9 Å². The van der Waals surface area contributed by atoms with Crippen molar-refractivity contribution in [3.8, 4) is 22.4 Å². The van der Waals surface area contributed by atoms with Gasteiger partial charge in [0.2, 0.25) is 0 Å². The average Bonchev–Trinajstić information content (AvgIpc) is 2.82. The zero-order chi connectivity index (χ0) is 23.2. The third-order valence-corrected chi connectivity index (χ3v) is 5.83. The Bertz CT molecular complexity index is 1470. The Morgan fingerprint density at radius 2 is 1.43 bits per heavy atom. The first kappa shape index (κ1) is 15.4. The van der Waals surface area contributed by atoms with Gasteiger partial charge in [0, 0.05) is 15.9 Å². The summed E-state index contributed by atoms with van der Waals surface area (Å²) in [6.07, 6.45) is 1.85. The molecule has 0 aliphatic heterocycles. The normalized spacial score (nSPS) is 13.4. The van der Waals surface area contributed by atoms with E-state index in [0.29, 0.717) is 11.5 Å². The SMILES string of the molecule is [2H]C([2H])([2H])c1c(-c2ccccc2)c2cc(-c3cc(C(C)C)ccn3)ccc2c2ccccc12. The molecule has 30 heavy (non-hydrogen) atoms. The molecule has 0 N–H and O–H groups in total. The van der Waals surface area contributed by atoms with Crippen LogP contribution in [0.1, 0.15) is 35.0 Å². The molecular weight excluding hydrogens is 362 g/mol. The van der Waals surface area contributed by atoms with E-state index in [0.717, 1.165) is 43.9 Å². The molecule has 0 aliphatic rings. The minimum absolute atomic E-state index is 0.401. The standard InChI is InChI=1S/C29H25N/c1-19(2)22-15-16-30-28(18-22)23-13-14-26-25-12-8-7-11-24(25)20(3)29(27(26)17-23)21-9-5-4-6-10-21/h4-19H,1-3H3/i3D3. The van der Waals surface area contributed by atoms with Crippen molar-refractivity contribution >= 4 is 21.5 Å². The number of fused-ring (bicyclic) bond motifs is 3. The van der Waals surface area contributed by atoms with E-state index in [9.17, 15) is 0 Å². The predicted octanol–water partition coefficient (Wildman–Crippen LogP) is 8.15. The summed E-state index contributed by atoms with van der Waals surface area (Å²) in [4.78, 5) is 4.62. The lowest BCUT2D eigenvalue weighted by molar-refractivity contribution is 0.864. The predicted molar refractivity (Wildman–Crippen MR) is 129 cm³/mol. The van der Waals surface area contributed by atoms with Crippen LogP contribution in [0.4, 0.5) is 0 Å². The summed E-state index contributed by atoms with van der Waals surface area (Å²) in [6.45, 7) is 2.08. The maximum Gasteiger partial charge on any atom is 0.0705 e. The Kier molecular flexibility index (Phi) is 3.81. The largest absolute Gasteiger partial charge is 0.256 e. The summed E-state index contributed by atoms with van der Waals surface area (Å²) in [5, 5.41) is 3.70. The van der Waals surface area contributed by atoms with Gasteiger partial charge in [-0.25, -0.2) is 0 Å². The van der Waals surface area contributed by atoms with Crippen molar-refractivity contribution < 1.29 is 4.11 Å². The first-order chi connectivity index (χ1) is 15.8.